The molecule has 0 unspecified atom stereocenters. The smallest absolute Gasteiger partial charge is 0.211 e. The molecule has 0 radical (unpaired) electrons. The zero-order valence-corrected chi connectivity index (χ0v) is 13.7. The van der Waals surface area contributed by atoms with Crippen LogP contribution >= 0.6 is 0 Å². The molecule has 2 N–H and O–H groups in total. The van der Waals surface area contributed by atoms with E-state index < -0.39 is 10.0 Å². The lowest BCUT2D eigenvalue weighted by molar-refractivity contribution is 0.477. The molecule has 1 aromatic carbocycles. The van der Waals surface area contributed by atoms with Crippen LogP contribution in [0.3, 0.4) is 0 Å². The highest BCUT2D eigenvalue weighted by molar-refractivity contribution is 7.89. The molecule has 21 heavy (non-hydrogen) atoms. The quantitative estimate of drug-likeness (QED) is 0.440. The molecule has 7 heteroatoms. The van der Waals surface area contributed by atoms with Crippen LogP contribution in [0.15, 0.2) is 35.3 Å². The molecule has 0 aliphatic rings. The summed E-state index contributed by atoms with van der Waals surface area (Å²) < 4.78 is 25.1. The number of rotatable bonds is 7. The van der Waals surface area contributed by atoms with Crippen molar-refractivity contribution in [1.29, 1.82) is 0 Å². The Kier molecular flexibility index (Phi) is 7.18. The lowest BCUT2D eigenvalue weighted by Crippen LogP contribution is -2.42. The van der Waals surface area contributed by atoms with Crippen LogP contribution in [0.5, 0.6) is 0 Å². The molecule has 0 aromatic heterocycles. The molecule has 0 saturated heterocycles. The molecule has 0 saturated carbocycles. The number of benzene rings is 1. The summed E-state index contributed by atoms with van der Waals surface area (Å²) in [5.41, 5.74) is 1.19. The number of nitrogens with one attached hydrogen (secondary N) is 2. The number of aliphatic imine (C=N–C) groups is 1. The van der Waals surface area contributed by atoms with Crippen molar-refractivity contribution in [3.8, 4) is 0 Å². The summed E-state index contributed by atoms with van der Waals surface area (Å²) in [7, 11) is 0.515. The van der Waals surface area contributed by atoms with Crippen LogP contribution in [0.2, 0.25) is 0 Å². The van der Waals surface area contributed by atoms with E-state index in [1.54, 1.807) is 14.0 Å². The van der Waals surface area contributed by atoms with Gasteiger partial charge in [0.1, 0.15) is 0 Å². The summed E-state index contributed by atoms with van der Waals surface area (Å²) in [5.74, 6) is 0.824. The Hall–Kier alpha value is -1.60. The van der Waals surface area contributed by atoms with Gasteiger partial charge in [-0.1, -0.05) is 30.3 Å². The zero-order chi connectivity index (χ0) is 15.7. The predicted octanol–water partition coefficient (Wildman–Crippen LogP) is 0.633. The molecule has 118 valence electrons. The van der Waals surface area contributed by atoms with E-state index in [0.717, 1.165) is 12.5 Å². The lowest BCUT2D eigenvalue weighted by atomic mass is 10.2. The van der Waals surface area contributed by atoms with Gasteiger partial charge in [0, 0.05) is 33.7 Å². The number of hydrogen-bond acceptors (Lipinski definition) is 3. The fourth-order valence-electron chi connectivity index (χ4n) is 1.80. The molecule has 0 spiro atoms. The van der Waals surface area contributed by atoms with Crippen molar-refractivity contribution >= 4 is 16.0 Å². The van der Waals surface area contributed by atoms with Crippen molar-refractivity contribution in [2.24, 2.45) is 4.99 Å². The fourth-order valence-corrected chi connectivity index (χ4v) is 2.42. The standard InChI is InChI=1S/C14H24N4O2S/c1-4-21(19,20)17-11-10-16-14(15-2)18(3)12-13-8-6-5-7-9-13/h5-9,17H,4,10-12H2,1-3H3,(H,15,16). The normalized spacial score (nSPS) is 12.2. The Morgan fingerprint density at radius 1 is 1.24 bits per heavy atom. The second-order valence-corrected chi connectivity index (χ2v) is 6.71. The monoisotopic (exact) mass is 312 g/mol. The van der Waals surface area contributed by atoms with E-state index >= 15 is 0 Å². The van der Waals surface area contributed by atoms with Crippen LogP contribution in [0.4, 0.5) is 0 Å². The Morgan fingerprint density at radius 2 is 1.90 bits per heavy atom. The molecular weight excluding hydrogens is 288 g/mol. The first-order valence-corrected chi connectivity index (χ1v) is 8.56. The lowest BCUT2D eigenvalue weighted by Gasteiger charge is -2.22. The van der Waals surface area contributed by atoms with E-state index in [-0.39, 0.29) is 5.75 Å². The van der Waals surface area contributed by atoms with Crippen LogP contribution in [0, 0.1) is 0 Å². The second-order valence-electron chi connectivity index (χ2n) is 4.61. The molecule has 0 aliphatic carbocycles. The number of sulfonamides is 1. The van der Waals surface area contributed by atoms with E-state index in [2.05, 4.69) is 27.2 Å². The summed E-state index contributed by atoms with van der Waals surface area (Å²) >= 11 is 0. The van der Waals surface area contributed by atoms with Crippen molar-refractivity contribution in [1.82, 2.24) is 14.9 Å². The topological polar surface area (TPSA) is 73.8 Å². The minimum Gasteiger partial charge on any atom is -0.355 e. The highest BCUT2D eigenvalue weighted by Gasteiger charge is 2.08. The van der Waals surface area contributed by atoms with Crippen molar-refractivity contribution in [3.63, 3.8) is 0 Å². The first-order chi connectivity index (χ1) is 9.98. The fraction of sp³-hybridized carbons (Fsp3) is 0.500. The molecule has 0 fully saturated rings. The molecule has 1 aromatic rings. The van der Waals surface area contributed by atoms with Gasteiger partial charge in [-0.2, -0.15) is 0 Å². The Bertz CT molecular complexity index is 543. The Balaban J connectivity index is 2.41. The Morgan fingerprint density at radius 3 is 2.48 bits per heavy atom. The first-order valence-electron chi connectivity index (χ1n) is 6.91. The molecule has 0 amide bonds. The Labute approximate surface area is 127 Å². The number of hydrogen-bond donors (Lipinski definition) is 2. The third kappa shape index (κ3) is 6.59. The molecule has 0 heterocycles. The molecule has 1 rings (SSSR count). The van der Waals surface area contributed by atoms with Crippen LogP contribution in [0.1, 0.15) is 12.5 Å². The summed E-state index contributed by atoms with van der Waals surface area (Å²) in [6, 6.07) is 10.1. The van der Waals surface area contributed by atoms with E-state index in [9.17, 15) is 8.42 Å². The van der Waals surface area contributed by atoms with Crippen molar-refractivity contribution < 1.29 is 8.42 Å². The predicted molar refractivity (Wildman–Crippen MR) is 86.7 cm³/mol. The summed E-state index contributed by atoms with van der Waals surface area (Å²) in [4.78, 5) is 6.18. The zero-order valence-electron chi connectivity index (χ0n) is 12.8. The molecule has 0 bridgehead atoms. The third-order valence-corrected chi connectivity index (χ3v) is 4.35. The van der Waals surface area contributed by atoms with Crippen LogP contribution in [-0.2, 0) is 16.6 Å². The molecule has 0 atom stereocenters. The molecule has 6 nitrogen and oxygen atoms in total. The summed E-state index contributed by atoms with van der Waals surface area (Å²) in [6.45, 7) is 3.18. The van der Waals surface area contributed by atoms with Gasteiger partial charge in [0.25, 0.3) is 0 Å². The SMILES string of the molecule is CCS(=O)(=O)NCCNC(=NC)N(C)Cc1ccccc1. The van der Waals surface area contributed by atoms with Crippen molar-refractivity contribution in [2.75, 3.05) is 32.9 Å². The molecular formula is C14H24N4O2S. The van der Waals surface area contributed by atoms with Crippen LogP contribution < -0.4 is 10.0 Å². The maximum absolute atomic E-state index is 11.3. The average Bonchev–Trinajstić information content (AvgIpc) is 2.48. The van der Waals surface area contributed by atoms with Gasteiger partial charge in [-0.25, -0.2) is 13.1 Å². The van der Waals surface area contributed by atoms with Crippen LogP contribution in [-0.4, -0.2) is 52.2 Å². The van der Waals surface area contributed by atoms with Crippen LogP contribution in [0.25, 0.3) is 0 Å². The van der Waals surface area contributed by atoms with Gasteiger partial charge in [0.15, 0.2) is 5.96 Å². The van der Waals surface area contributed by atoms with E-state index in [1.807, 2.05) is 30.1 Å². The average molecular weight is 312 g/mol. The second kappa shape index (κ2) is 8.63. The first kappa shape index (κ1) is 17.5. The highest BCUT2D eigenvalue weighted by atomic mass is 32.2. The summed E-state index contributed by atoms with van der Waals surface area (Å²) in [6.07, 6.45) is 0. The van der Waals surface area contributed by atoms with Gasteiger partial charge < -0.3 is 10.2 Å². The van der Waals surface area contributed by atoms with Gasteiger partial charge in [0.2, 0.25) is 10.0 Å². The van der Waals surface area contributed by atoms with Gasteiger partial charge in [-0.05, 0) is 12.5 Å². The van der Waals surface area contributed by atoms with Gasteiger partial charge in [0.05, 0.1) is 5.75 Å². The maximum Gasteiger partial charge on any atom is 0.211 e. The van der Waals surface area contributed by atoms with Crippen molar-refractivity contribution in [3.05, 3.63) is 35.9 Å². The number of nitrogens with zero attached hydrogens (tertiary/aromatic N) is 2. The van der Waals surface area contributed by atoms with Crippen molar-refractivity contribution in [2.45, 2.75) is 13.5 Å². The minimum atomic E-state index is -3.14. The van der Waals surface area contributed by atoms with E-state index in [1.165, 1.54) is 5.56 Å². The molecule has 0 aliphatic heterocycles. The largest absolute Gasteiger partial charge is 0.355 e. The third-order valence-electron chi connectivity index (χ3n) is 2.95. The highest BCUT2D eigenvalue weighted by Crippen LogP contribution is 2.02. The maximum atomic E-state index is 11.3. The van der Waals surface area contributed by atoms with Gasteiger partial charge in [-0.3, -0.25) is 4.99 Å². The number of guanidine groups is 1. The van der Waals surface area contributed by atoms with Gasteiger partial charge in [-0.15, -0.1) is 0 Å². The van der Waals surface area contributed by atoms with E-state index in [4.69, 9.17) is 0 Å². The summed E-state index contributed by atoms with van der Waals surface area (Å²) in [5, 5.41) is 3.14. The van der Waals surface area contributed by atoms with E-state index in [0.29, 0.717) is 13.1 Å². The van der Waals surface area contributed by atoms with Gasteiger partial charge >= 0.3 is 0 Å². The minimum absolute atomic E-state index is 0.0929.